The van der Waals surface area contributed by atoms with Crippen LogP contribution in [0.15, 0.2) is 0 Å². The Morgan fingerprint density at radius 1 is 0.857 bits per heavy atom. The maximum Gasteiger partial charge on any atom is 0.306 e. The summed E-state index contributed by atoms with van der Waals surface area (Å²) in [5.41, 5.74) is 0. The van der Waals surface area contributed by atoms with Gasteiger partial charge in [-0.25, -0.2) is 0 Å². The molecule has 0 saturated heterocycles. The van der Waals surface area contributed by atoms with Crippen molar-refractivity contribution in [2.45, 2.75) is 91.1 Å². The zero-order valence-corrected chi connectivity index (χ0v) is 14.0. The Labute approximate surface area is 129 Å². The number of hydrogen-bond acceptors (Lipinski definition) is 4. The van der Waals surface area contributed by atoms with Gasteiger partial charge in [-0.05, 0) is 32.6 Å². The molecule has 0 saturated carbocycles. The van der Waals surface area contributed by atoms with Gasteiger partial charge in [0.05, 0.1) is 12.7 Å². The van der Waals surface area contributed by atoms with Crippen LogP contribution in [0.3, 0.4) is 0 Å². The van der Waals surface area contributed by atoms with E-state index < -0.39 is 0 Å². The number of rotatable bonds is 13. The van der Waals surface area contributed by atoms with Crippen molar-refractivity contribution in [3.8, 4) is 0 Å². The second-order valence-corrected chi connectivity index (χ2v) is 5.58. The third-order valence-electron chi connectivity index (χ3n) is 3.32. The highest BCUT2D eigenvalue weighted by Crippen LogP contribution is 2.08. The average Bonchev–Trinajstić information content (AvgIpc) is 2.46. The molecule has 1 unspecified atom stereocenters. The van der Waals surface area contributed by atoms with Crippen LogP contribution in [0.1, 0.15) is 85.0 Å². The summed E-state index contributed by atoms with van der Waals surface area (Å²) >= 11 is 0. The Morgan fingerprint density at radius 2 is 1.48 bits per heavy atom. The molecule has 0 heterocycles. The van der Waals surface area contributed by atoms with Gasteiger partial charge in [-0.2, -0.15) is 0 Å². The number of unbranched alkanes of at least 4 members (excludes halogenated alkanes) is 4. The lowest BCUT2D eigenvalue weighted by atomic mass is 10.2. The number of carbonyl (C=O) groups excluding carboxylic acids is 2. The molecule has 0 aromatic rings. The molecule has 4 nitrogen and oxygen atoms in total. The molecule has 1 atom stereocenters. The van der Waals surface area contributed by atoms with Gasteiger partial charge in [-0.1, -0.05) is 39.5 Å². The normalized spacial score (nSPS) is 12.0. The van der Waals surface area contributed by atoms with Crippen LogP contribution in [0.4, 0.5) is 0 Å². The first-order valence-electron chi connectivity index (χ1n) is 8.45. The van der Waals surface area contributed by atoms with Crippen LogP contribution < -0.4 is 0 Å². The summed E-state index contributed by atoms with van der Waals surface area (Å²) in [6.07, 6.45) is 8.42. The van der Waals surface area contributed by atoms with Crippen LogP contribution >= 0.6 is 0 Å². The lowest BCUT2D eigenvalue weighted by molar-refractivity contribution is -0.149. The van der Waals surface area contributed by atoms with Crippen molar-refractivity contribution >= 4 is 11.9 Å². The van der Waals surface area contributed by atoms with Gasteiger partial charge in [0.1, 0.15) is 0 Å². The molecule has 0 radical (unpaired) electrons. The molecule has 0 aliphatic rings. The predicted molar refractivity (Wildman–Crippen MR) is 84.0 cm³/mol. The molecule has 124 valence electrons. The minimum absolute atomic E-state index is 0.000908. The van der Waals surface area contributed by atoms with Crippen molar-refractivity contribution in [3.05, 3.63) is 0 Å². The van der Waals surface area contributed by atoms with E-state index in [2.05, 4.69) is 13.8 Å². The molecule has 21 heavy (non-hydrogen) atoms. The lowest BCUT2D eigenvalue weighted by Gasteiger charge is -2.12. The molecule has 0 aliphatic heterocycles. The van der Waals surface area contributed by atoms with Gasteiger partial charge in [-0.3, -0.25) is 9.59 Å². The quantitative estimate of drug-likeness (QED) is 0.373. The van der Waals surface area contributed by atoms with E-state index in [0.29, 0.717) is 32.3 Å². The molecule has 0 aromatic carbocycles. The Morgan fingerprint density at radius 3 is 2.10 bits per heavy atom. The number of ether oxygens (including phenoxy) is 2. The minimum Gasteiger partial charge on any atom is -0.466 e. The number of esters is 2. The van der Waals surface area contributed by atoms with Crippen molar-refractivity contribution in [2.75, 3.05) is 6.61 Å². The summed E-state index contributed by atoms with van der Waals surface area (Å²) < 4.78 is 10.4. The first-order valence-corrected chi connectivity index (χ1v) is 8.45. The third-order valence-corrected chi connectivity index (χ3v) is 3.32. The fourth-order valence-corrected chi connectivity index (χ4v) is 1.98. The molecular formula is C17H32O4. The van der Waals surface area contributed by atoms with Crippen LogP contribution in [0, 0.1) is 0 Å². The van der Waals surface area contributed by atoms with E-state index in [-0.39, 0.29) is 18.0 Å². The van der Waals surface area contributed by atoms with Crippen molar-refractivity contribution < 1.29 is 19.1 Å². The van der Waals surface area contributed by atoms with E-state index in [1.54, 1.807) is 0 Å². The molecule has 4 heteroatoms. The average molecular weight is 300 g/mol. The fraction of sp³-hybridized carbons (Fsp3) is 0.882. The van der Waals surface area contributed by atoms with Gasteiger partial charge in [0, 0.05) is 12.8 Å². The SMILES string of the molecule is CCCCCOC(=O)CCCCC(=O)OC(C)CCCC. The van der Waals surface area contributed by atoms with Gasteiger partial charge in [0.15, 0.2) is 0 Å². The van der Waals surface area contributed by atoms with Crippen LogP contribution in [0.2, 0.25) is 0 Å². The van der Waals surface area contributed by atoms with Crippen molar-refractivity contribution in [1.82, 2.24) is 0 Å². The van der Waals surface area contributed by atoms with Crippen molar-refractivity contribution in [3.63, 3.8) is 0 Å². The Bertz CT molecular complexity index is 276. The maximum atomic E-state index is 11.6. The zero-order valence-electron chi connectivity index (χ0n) is 14.0. The molecule has 0 spiro atoms. The Kier molecular flexibility index (Phi) is 13.2. The number of carbonyl (C=O) groups is 2. The van der Waals surface area contributed by atoms with E-state index in [4.69, 9.17) is 9.47 Å². The Balaban J connectivity index is 3.48. The maximum absolute atomic E-state index is 11.6. The van der Waals surface area contributed by atoms with Crippen LogP contribution in [-0.4, -0.2) is 24.6 Å². The van der Waals surface area contributed by atoms with E-state index in [0.717, 1.165) is 38.5 Å². The lowest BCUT2D eigenvalue weighted by Crippen LogP contribution is -2.14. The molecule has 0 N–H and O–H groups in total. The highest BCUT2D eigenvalue weighted by Gasteiger charge is 2.09. The zero-order chi connectivity index (χ0) is 15.9. The van der Waals surface area contributed by atoms with Gasteiger partial charge < -0.3 is 9.47 Å². The standard InChI is InChI=1S/C17H32O4/c1-4-6-10-14-20-16(18)12-8-9-13-17(19)21-15(3)11-7-5-2/h15H,4-14H2,1-3H3. The summed E-state index contributed by atoms with van der Waals surface area (Å²) in [5, 5.41) is 0. The summed E-state index contributed by atoms with van der Waals surface area (Å²) in [7, 11) is 0. The fourth-order valence-electron chi connectivity index (χ4n) is 1.98. The van der Waals surface area contributed by atoms with Crippen LogP contribution in [0.5, 0.6) is 0 Å². The van der Waals surface area contributed by atoms with E-state index in [1.165, 1.54) is 0 Å². The summed E-state index contributed by atoms with van der Waals surface area (Å²) in [6, 6.07) is 0. The second kappa shape index (κ2) is 13.9. The van der Waals surface area contributed by atoms with Crippen molar-refractivity contribution in [2.24, 2.45) is 0 Å². The molecular weight excluding hydrogens is 268 g/mol. The topological polar surface area (TPSA) is 52.6 Å². The van der Waals surface area contributed by atoms with Gasteiger partial charge in [0.25, 0.3) is 0 Å². The van der Waals surface area contributed by atoms with Crippen LogP contribution in [-0.2, 0) is 19.1 Å². The first-order chi connectivity index (χ1) is 10.1. The highest BCUT2D eigenvalue weighted by atomic mass is 16.5. The molecule has 0 aliphatic carbocycles. The number of hydrogen-bond donors (Lipinski definition) is 0. The molecule has 0 fully saturated rings. The van der Waals surface area contributed by atoms with Gasteiger partial charge >= 0.3 is 11.9 Å². The van der Waals surface area contributed by atoms with Crippen LogP contribution in [0.25, 0.3) is 0 Å². The molecule has 0 bridgehead atoms. The Hall–Kier alpha value is -1.06. The molecule has 0 rings (SSSR count). The third kappa shape index (κ3) is 13.7. The van der Waals surface area contributed by atoms with Gasteiger partial charge in [0.2, 0.25) is 0 Å². The summed E-state index contributed by atoms with van der Waals surface area (Å²) in [4.78, 5) is 23.0. The molecule has 0 amide bonds. The van der Waals surface area contributed by atoms with E-state index in [1.807, 2.05) is 6.92 Å². The first kappa shape index (κ1) is 19.9. The second-order valence-electron chi connectivity index (χ2n) is 5.58. The van der Waals surface area contributed by atoms with E-state index in [9.17, 15) is 9.59 Å². The smallest absolute Gasteiger partial charge is 0.306 e. The van der Waals surface area contributed by atoms with Crippen molar-refractivity contribution in [1.29, 1.82) is 0 Å². The monoisotopic (exact) mass is 300 g/mol. The summed E-state index contributed by atoms with van der Waals surface area (Å²) in [5.74, 6) is -0.314. The van der Waals surface area contributed by atoms with E-state index >= 15 is 0 Å². The van der Waals surface area contributed by atoms with Gasteiger partial charge in [-0.15, -0.1) is 0 Å². The summed E-state index contributed by atoms with van der Waals surface area (Å²) in [6.45, 7) is 6.69. The minimum atomic E-state index is -0.157. The largest absolute Gasteiger partial charge is 0.466 e. The highest BCUT2D eigenvalue weighted by molar-refractivity contribution is 5.70. The molecule has 0 aromatic heterocycles. The predicted octanol–water partition coefficient (Wildman–Crippen LogP) is 4.40.